The Balaban J connectivity index is 0.00000462. The SMILES string of the molecule is CCN1C(=O)C(C)(C)C(=O)N(C)c2cc(OCCCN(CCc3cccnc3)C(=O)c3ccccc3C)ccc21.Cl. The van der Waals surface area contributed by atoms with Crippen molar-refractivity contribution in [2.24, 2.45) is 5.41 Å². The van der Waals surface area contributed by atoms with Crippen LogP contribution in [-0.4, -0.2) is 60.9 Å². The normalized spacial score (nSPS) is 14.2. The van der Waals surface area contributed by atoms with Crippen molar-refractivity contribution in [2.45, 2.75) is 40.5 Å². The van der Waals surface area contributed by atoms with Gasteiger partial charge in [0.2, 0.25) is 11.8 Å². The summed E-state index contributed by atoms with van der Waals surface area (Å²) in [6.45, 7) is 9.13. The van der Waals surface area contributed by atoms with Crippen LogP contribution < -0.4 is 14.5 Å². The van der Waals surface area contributed by atoms with E-state index in [9.17, 15) is 14.4 Å². The van der Waals surface area contributed by atoms with Crippen molar-refractivity contribution in [1.29, 1.82) is 0 Å². The van der Waals surface area contributed by atoms with E-state index in [4.69, 9.17) is 4.74 Å². The molecule has 9 heteroatoms. The maximum absolute atomic E-state index is 13.4. The van der Waals surface area contributed by atoms with E-state index >= 15 is 0 Å². The lowest BCUT2D eigenvalue weighted by atomic mass is 9.90. The summed E-state index contributed by atoms with van der Waals surface area (Å²) < 4.78 is 6.08. The Morgan fingerprint density at radius 3 is 2.44 bits per heavy atom. The molecule has 0 spiro atoms. The first kappa shape index (κ1) is 31.6. The summed E-state index contributed by atoms with van der Waals surface area (Å²) in [6, 6.07) is 17.0. The van der Waals surface area contributed by atoms with Gasteiger partial charge in [0.15, 0.2) is 0 Å². The standard InChI is InChI=1S/C32H38N4O4.ClH/c1-6-36-27-15-14-25(21-28(27)34(5)30(38)32(3,4)31(36)39)40-20-10-18-35(19-16-24-12-9-17-33-22-24)29(37)26-13-8-7-11-23(26)2;/h7-9,11-15,17,21-22H,6,10,16,18-20H2,1-5H3;1H. The van der Waals surface area contributed by atoms with Crippen LogP contribution in [0, 0.1) is 12.3 Å². The summed E-state index contributed by atoms with van der Waals surface area (Å²) in [6.07, 6.45) is 4.91. The Kier molecular flexibility index (Phi) is 10.5. The summed E-state index contributed by atoms with van der Waals surface area (Å²) in [7, 11) is 1.69. The van der Waals surface area contributed by atoms with Crippen LogP contribution in [0.15, 0.2) is 67.0 Å². The third kappa shape index (κ3) is 6.88. The zero-order chi connectivity index (χ0) is 28.9. The number of hydrogen-bond donors (Lipinski definition) is 0. The molecule has 2 aromatic carbocycles. The number of anilines is 2. The number of pyridine rings is 1. The van der Waals surface area contributed by atoms with Gasteiger partial charge in [0.25, 0.3) is 5.91 Å². The predicted octanol–water partition coefficient (Wildman–Crippen LogP) is 5.32. The number of hydrogen-bond acceptors (Lipinski definition) is 5. The number of carbonyl (C=O) groups excluding carboxylic acids is 3. The topological polar surface area (TPSA) is 83.1 Å². The molecule has 3 amide bonds. The van der Waals surface area contributed by atoms with Crippen LogP contribution in [0.2, 0.25) is 0 Å². The summed E-state index contributed by atoms with van der Waals surface area (Å²) >= 11 is 0. The molecular formula is C32H39ClN4O4. The average molecular weight is 579 g/mol. The molecule has 8 nitrogen and oxygen atoms in total. The van der Waals surface area contributed by atoms with Gasteiger partial charge in [-0.3, -0.25) is 19.4 Å². The van der Waals surface area contributed by atoms with Gasteiger partial charge >= 0.3 is 0 Å². The zero-order valence-corrected chi connectivity index (χ0v) is 25.2. The Morgan fingerprint density at radius 2 is 1.76 bits per heavy atom. The highest BCUT2D eigenvalue weighted by Crippen LogP contribution is 2.40. The molecule has 0 N–H and O–H groups in total. The number of halogens is 1. The second-order valence-corrected chi connectivity index (χ2v) is 10.6. The number of carbonyl (C=O) groups is 3. The van der Waals surface area contributed by atoms with Gasteiger partial charge in [-0.2, -0.15) is 0 Å². The number of ether oxygens (including phenoxy) is 1. The Labute approximate surface area is 248 Å². The van der Waals surface area contributed by atoms with Crippen molar-refractivity contribution in [3.63, 3.8) is 0 Å². The smallest absolute Gasteiger partial charge is 0.254 e. The van der Waals surface area contributed by atoms with Gasteiger partial charge in [0, 0.05) is 50.7 Å². The molecule has 3 aromatic rings. The third-order valence-corrected chi connectivity index (χ3v) is 7.43. The van der Waals surface area contributed by atoms with E-state index in [0.717, 1.165) is 11.1 Å². The first-order valence-corrected chi connectivity index (χ1v) is 13.8. The lowest BCUT2D eigenvalue weighted by Gasteiger charge is -2.27. The van der Waals surface area contributed by atoms with E-state index in [0.29, 0.717) is 61.8 Å². The molecule has 0 saturated carbocycles. The predicted molar refractivity (Wildman–Crippen MR) is 164 cm³/mol. The fourth-order valence-corrected chi connectivity index (χ4v) is 5.02. The fourth-order valence-electron chi connectivity index (χ4n) is 5.02. The highest BCUT2D eigenvalue weighted by molar-refractivity contribution is 6.20. The molecule has 0 bridgehead atoms. The first-order chi connectivity index (χ1) is 19.1. The highest BCUT2D eigenvalue weighted by Gasteiger charge is 2.45. The first-order valence-electron chi connectivity index (χ1n) is 13.8. The van der Waals surface area contributed by atoms with Crippen molar-refractivity contribution in [3.05, 3.63) is 83.7 Å². The largest absolute Gasteiger partial charge is 0.493 e. The number of rotatable bonds is 10. The lowest BCUT2D eigenvalue weighted by molar-refractivity contribution is -0.137. The van der Waals surface area contributed by atoms with Gasteiger partial charge in [0.1, 0.15) is 11.2 Å². The van der Waals surface area contributed by atoms with Crippen molar-refractivity contribution in [2.75, 3.05) is 43.1 Å². The third-order valence-electron chi connectivity index (χ3n) is 7.43. The Bertz CT molecular complexity index is 1380. The molecule has 1 aromatic heterocycles. The second-order valence-electron chi connectivity index (χ2n) is 10.6. The molecule has 0 saturated heterocycles. The summed E-state index contributed by atoms with van der Waals surface area (Å²) in [5.74, 6) is 0.127. The van der Waals surface area contributed by atoms with E-state index in [1.165, 1.54) is 4.90 Å². The average Bonchev–Trinajstić information content (AvgIpc) is 3.01. The molecule has 0 fully saturated rings. The van der Waals surface area contributed by atoms with Crippen molar-refractivity contribution in [1.82, 2.24) is 9.88 Å². The minimum atomic E-state index is -1.16. The molecule has 1 aliphatic heterocycles. The number of fused-ring (bicyclic) bond motifs is 1. The number of benzene rings is 2. The van der Waals surface area contributed by atoms with E-state index in [1.54, 1.807) is 32.0 Å². The molecule has 4 rings (SSSR count). The van der Waals surface area contributed by atoms with Crippen LogP contribution in [-0.2, 0) is 16.0 Å². The van der Waals surface area contributed by atoms with E-state index < -0.39 is 5.41 Å². The van der Waals surface area contributed by atoms with Gasteiger partial charge in [-0.15, -0.1) is 12.4 Å². The quantitative estimate of drug-likeness (QED) is 0.240. The van der Waals surface area contributed by atoms with Crippen LogP contribution in [0.25, 0.3) is 0 Å². The Hall–Kier alpha value is -3.91. The van der Waals surface area contributed by atoms with Crippen LogP contribution in [0.1, 0.15) is 48.7 Å². The van der Waals surface area contributed by atoms with E-state index in [2.05, 4.69) is 4.98 Å². The maximum atomic E-state index is 13.4. The van der Waals surface area contributed by atoms with Gasteiger partial charge in [-0.1, -0.05) is 24.3 Å². The number of aromatic nitrogens is 1. The summed E-state index contributed by atoms with van der Waals surface area (Å²) in [4.78, 5) is 48.9. The van der Waals surface area contributed by atoms with Gasteiger partial charge in [0.05, 0.1) is 18.0 Å². The van der Waals surface area contributed by atoms with Gasteiger partial charge in [-0.05, 0) is 75.9 Å². The van der Waals surface area contributed by atoms with E-state index in [1.807, 2.05) is 79.5 Å². The molecule has 218 valence electrons. The second kappa shape index (κ2) is 13.6. The molecular weight excluding hydrogens is 540 g/mol. The Morgan fingerprint density at radius 1 is 1.00 bits per heavy atom. The van der Waals surface area contributed by atoms with Crippen LogP contribution >= 0.6 is 12.4 Å². The van der Waals surface area contributed by atoms with Crippen LogP contribution in [0.3, 0.4) is 0 Å². The minimum absolute atomic E-state index is 0. The van der Waals surface area contributed by atoms with Gasteiger partial charge in [-0.25, -0.2) is 0 Å². The van der Waals surface area contributed by atoms with Crippen molar-refractivity contribution >= 4 is 41.5 Å². The maximum Gasteiger partial charge on any atom is 0.254 e. The van der Waals surface area contributed by atoms with E-state index in [-0.39, 0.29) is 30.1 Å². The van der Waals surface area contributed by atoms with Crippen LogP contribution in [0.5, 0.6) is 5.75 Å². The number of nitrogens with zero attached hydrogens (tertiary/aromatic N) is 4. The monoisotopic (exact) mass is 578 g/mol. The fraction of sp³-hybridized carbons (Fsp3) is 0.375. The highest BCUT2D eigenvalue weighted by atomic mass is 35.5. The van der Waals surface area contributed by atoms with Crippen molar-refractivity contribution < 1.29 is 19.1 Å². The molecule has 0 aliphatic carbocycles. The molecule has 0 unspecified atom stereocenters. The number of amides is 3. The molecule has 0 radical (unpaired) electrons. The van der Waals surface area contributed by atoms with Crippen LogP contribution in [0.4, 0.5) is 11.4 Å². The van der Waals surface area contributed by atoms with Crippen molar-refractivity contribution in [3.8, 4) is 5.75 Å². The molecule has 2 heterocycles. The summed E-state index contributed by atoms with van der Waals surface area (Å²) in [5, 5.41) is 0. The molecule has 1 aliphatic rings. The lowest BCUT2D eigenvalue weighted by Crippen LogP contribution is -2.47. The summed E-state index contributed by atoms with van der Waals surface area (Å²) in [5.41, 5.74) is 2.89. The molecule has 41 heavy (non-hydrogen) atoms. The minimum Gasteiger partial charge on any atom is -0.493 e. The van der Waals surface area contributed by atoms with Gasteiger partial charge < -0.3 is 19.4 Å². The zero-order valence-electron chi connectivity index (χ0n) is 24.4. The number of aryl methyl sites for hydroxylation is 1. The molecule has 0 atom stereocenters.